The zero-order valence-electron chi connectivity index (χ0n) is 10.6. The maximum atomic E-state index is 3.58. The molecule has 0 radical (unpaired) electrons. The molecule has 1 rings (SSSR count). The molecule has 0 aliphatic rings. The van der Waals surface area contributed by atoms with Gasteiger partial charge in [-0.05, 0) is 42.3 Å². The maximum absolute atomic E-state index is 3.58. The summed E-state index contributed by atoms with van der Waals surface area (Å²) in [5.74, 6) is 0. The predicted molar refractivity (Wildman–Crippen MR) is 69.5 cm³/mol. The second-order valence-corrected chi connectivity index (χ2v) is 6.48. The molecule has 0 saturated heterocycles. The second-order valence-electron chi connectivity index (χ2n) is 5.37. The van der Waals surface area contributed by atoms with E-state index in [9.17, 15) is 0 Å². The van der Waals surface area contributed by atoms with Gasteiger partial charge in [-0.3, -0.25) is 0 Å². The van der Waals surface area contributed by atoms with Crippen molar-refractivity contribution in [3.05, 3.63) is 21.9 Å². The summed E-state index contributed by atoms with van der Waals surface area (Å²) in [4.78, 5) is 1.40. The van der Waals surface area contributed by atoms with E-state index in [4.69, 9.17) is 0 Å². The standard InChI is InChI=1S/C13H23NS/c1-6-14-12(8-13(3,4)5)11-7-10(2)15-9-11/h7,9,12,14H,6,8H2,1-5H3. The van der Waals surface area contributed by atoms with Gasteiger partial charge in [0.05, 0.1) is 0 Å². The van der Waals surface area contributed by atoms with Crippen molar-refractivity contribution >= 4 is 11.3 Å². The summed E-state index contributed by atoms with van der Waals surface area (Å²) in [7, 11) is 0. The van der Waals surface area contributed by atoms with Crippen LogP contribution in [0.5, 0.6) is 0 Å². The largest absolute Gasteiger partial charge is 0.310 e. The molecule has 1 aromatic rings. The minimum absolute atomic E-state index is 0.378. The Bertz CT molecular complexity index is 296. The van der Waals surface area contributed by atoms with Crippen LogP contribution in [0.15, 0.2) is 11.4 Å². The summed E-state index contributed by atoms with van der Waals surface area (Å²) >= 11 is 1.84. The van der Waals surface area contributed by atoms with E-state index in [1.54, 1.807) is 0 Å². The van der Waals surface area contributed by atoms with Gasteiger partial charge in [-0.15, -0.1) is 11.3 Å². The van der Waals surface area contributed by atoms with Gasteiger partial charge < -0.3 is 5.32 Å². The molecule has 86 valence electrons. The van der Waals surface area contributed by atoms with Gasteiger partial charge >= 0.3 is 0 Å². The van der Waals surface area contributed by atoms with Crippen LogP contribution in [-0.2, 0) is 0 Å². The Hall–Kier alpha value is -0.340. The molecule has 0 aliphatic heterocycles. The molecule has 15 heavy (non-hydrogen) atoms. The van der Waals surface area contributed by atoms with Crippen molar-refractivity contribution in [2.75, 3.05) is 6.54 Å². The van der Waals surface area contributed by atoms with Crippen LogP contribution in [0.4, 0.5) is 0 Å². The van der Waals surface area contributed by atoms with Crippen molar-refractivity contribution in [3.8, 4) is 0 Å². The fraction of sp³-hybridized carbons (Fsp3) is 0.692. The summed E-state index contributed by atoms with van der Waals surface area (Å²) in [6.45, 7) is 12.3. The predicted octanol–water partition coefficient (Wildman–Crippen LogP) is 4.14. The first-order valence-corrected chi connectivity index (χ1v) is 6.59. The molecule has 0 spiro atoms. The van der Waals surface area contributed by atoms with Gasteiger partial charge in [-0.25, -0.2) is 0 Å². The lowest BCUT2D eigenvalue weighted by atomic mass is 9.86. The van der Waals surface area contributed by atoms with Crippen LogP contribution in [0.2, 0.25) is 0 Å². The lowest BCUT2D eigenvalue weighted by Gasteiger charge is -2.26. The van der Waals surface area contributed by atoms with Crippen molar-refractivity contribution < 1.29 is 0 Å². The van der Waals surface area contributed by atoms with Gasteiger partial charge in [-0.1, -0.05) is 27.7 Å². The minimum atomic E-state index is 0.378. The average molecular weight is 225 g/mol. The number of hydrogen-bond acceptors (Lipinski definition) is 2. The van der Waals surface area contributed by atoms with E-state index < -0.39 is 0 Å². The highest BCUT2D eigenvalue weighted by atomic mass is 32.1. The molecule has 0 aliphatic carbocycles. The van der Waals surface area contributed by atoms with Crippen molar-refractivity contribution in [1.29, 1.82) is 0 Å². The molecule has 0 amide bonds. The smallest absolute Gasteiger partial charge is 0.0333 e. The fourth-order valence-corrected chi connectivity index (χ4v) is 2.57. The Morgan fingerprint density at radius 1 is 1.40 bits per heavy atom. The normalized spacial score (nSPS) is 14.2. The molecule has 1 nitrogen and oxygen atoms in total. The van der Waals surface area contributed by atoms with E-state index in [0.29, 0.717) is 11.5 Å². The topological polar surface area (TPSA) is 12.0 Å². The Morgan fingerprint density at radius 3 is 2.47 bits per heavy atom. The highest BCUT2D eigenvalue weighted by Crippen LogP contribution is 2.31. The Labute approximate surface area is 97.9 Å². The Balaban J connectivity index is 2.74. The lowest BCUT2D eigenvalue weighted by molar-refractivity contribution is 0.314. The van der Waals surface area contributed by atoms with Crippen molar-refractivity contribution in [2.45, 2.75) is 47.1 Å². The first-order chi connectivity index (χ1) is 6.92. The van der Waals surface area contributed by atoms with Crippen LogP contribution >= 0.6 is 11.3 Å². The van der Waals surface area contributed by atoms with Gasteiger partial charge in [0.25, 0.3) is 0 Å². The van der Waals surface area contributed by atoms with Crippen LogP contribution in [0.25, 0.3) is 0 Å². The van der Waals surface area contributed by atoms with Crippen molar-refractivity contribution in [3.63, 3.8) is 0 Å². The zero-order valence-corrected chi connectivity index (χ0v) is 11.4. The van der Waals surface area contributed by atoms with Crippen LogP contribution in [-0.4, -0.2) is 6.54 Å². The molecule has 0 aromatic carbocycles. The summed E-state index contributed by atoms with van der Waals surface area (Å²) in [6.07, 6.45) is 1.19. The van der Waals surface area contributed by atoms with Crippen LogP contribution in [0.1, 0.15) is 50.6 Å². The van der Waals surface area contributed by atoms with Gasteiger partial charge in [0.2, 0.25) is 0 Å². The first-order valence-electron chi connectivity index (χ1n) is 5.71. The van der Waals surface area contributed by atoms with Gasteiger partial charge in [0.15, 0.2) is 0 Å². The number of rotatable bonds is 4. The molecule has 0 fully saturated rings. The van der Waals surface area contributed by atoms with Crippen LogP contribution in [0, 0.1) is 12.3 Å². The first kappa shape index (κ1) is 12.7. The summed E-state index contributed by atoms with van der Waals surface area (Å²) in [5.41, 5.74) is 1.83. The molecular weight excluding hydrogens is 202 g/mol. The third-order valence-corrected chi connectivity index (χ3v) is 3.30. The average Bonchev–Trinajstić information content (AvgIpc) is 2.48. The van der Waals surface area contributed by atoms with Crippen LogP contribution < -0.4 is 5.32 Å². The quantitative estimate of drug-likeness (QED) is 0.812. The molecular formula is C13H23NS. The SMILES string of the molecule is CCNC(CC(C)(C)C)c1csc(C)c1. The summed E-state index contributed by atoms with van der Waals surface area (Å²) < 4.78 is 0. The molecule has 1 atom stereocenters. The minimum Gasteiger partial charge on any atom is -0.310 e. The monoisotopic (exact) mass is 225 g/mol. The van der Waals surface area contributed by atoms with E-state index in [0.717, 1.165) is 6.54 Å². The second kappa shape index (κ2) is 5.13. The number of thiophene rings is 1. The molecule has 1 heterocycles. The summed E-state index contributed by atoms with van der Waals surface area (Å²) in [5, 5.41) is 5.86. The molecule has 1 aromatic heterocycles. The van der Waals surface area contributed by atoms with Crippen molar-refractivity contribution in [2.24, 2.45) is 5.41 Å². The van der Waals surface area contributed by atoms with Crippen LogP contribution in [0.3, 0.4) is 0 Å². The highest BCUT2D eigenvalue weighted by Gasteiger charge is 2.19. The molecule has 0 saturated carbocycles. The zero-order chi connectivity index (χ0) is 11.5. The highest BCUT2D eigenvalue weighted by molar-refractivity contribution is 7.10. The van der Waals surface area contributed by atoms with E-state index in [-0.39, 0.29) is 0 Å². The van der Waals surface area contributed by atoms with E-state index in [1.807, 2.05) is 11.3 Å². The number of aryl methyl sites for hydroxylation is 1. The van der Waals surface area contributed by atoms with E-state index in [1.165, 1.54) is 16.9 Å². The van der Waals surface area contributed by atoms with Gasteiger partial charge in [0, 0.05) is 10.9 Å². The third-order valence-electron chi connectivity index (χ3n) is 2.42. The maximum Gasteiger partial charge on any atom is 0.0333 e. The van der Waals surface area contributed by atoms with Gasteiger partial charge in [-0.2, -0.15) is 0 Å². The lowest BCUT2D eigenvalue weighted by Crippen LogP contribution is -2.25. The molecule has 2 heteroatoms. The van der Waals surface area contributed by atoms with Crippen molar-refractivity contribution in [1.82, 2.24) is 5.32 Å². The Kier molecular flexibility index (Phi) is 4.35. The molecule has 1 unspecified atom stereocenters. The van der Waals surface area contributed by atoms with Gasteiger partial charge in [0.1, 0.15) is 0 Å². The number of hydrogen-bond donors (Lipinski definition) is 1. The number of nitrogens with one attached hydrogen (secondary N) is 1. The Morgan fingerprint density at radius 2 is 2.07 bits per heavy atom. The summed E-state index contributed by atoms with van der Waals surface area (Å²) in [6, 6.07) is 2.82. The van der Waals surface area contributed by atoms with E-state index in [2.05, 4.69) is 51.4 Å². The molecule has 1 N–H and O–H groups in total. The fourth-order valence-electron chi connectivity index (χ4n) is 1.81. The third kappa shape index (κ3) is 4.35. The van der Waals surface area contributed by atoms with E-state index >= 15 is 0 Å². The molecule has 0 bridgehead atoms.